The molecule has 3 nitrogen and oxygen atoms in total. The first-order chi connectivity index (χ1) is 9.37. The molecule has 0 saturated heterocycles. The van der Waals surface area contributed by atoms with Crippen molar-refractivity contribution in [1.29, 1.82) is 0 Å². The summed E-state index contributed by atoms with van der Waals surface area (Å²) in [7, 11) is 0. The Morgan fingerprint density at radius 3 is 2.65 bits per heavy atom. The fourth-order valence-electron chi connectivity index (χ4n) is 1.68. The highest BCUT2D eigenvalue weighted by Gasteiger charge is 2.13. The summed E-state index contributed by atoms with van der Waals surface area (Å²) in [5.41, 5.74) is 0.954. The van der Waals surface area contributed by atoms with Crippen molar-refractivity contribution in [2.45, 2.75) is 32.7 Å². The number of nitrogens with zero attached hydrogens (tertiary/aromatic N) is 2. The maximum absolute atomic E-state index is 6.20. The molecule has 6 heteroatoms. The summed E-state index contributed by atoms with van der Waals surface area (Å²) in [6.45, 7) is 7.31. The van der Waals surface area contributed by atoms with E-state index in [1.54, 1.807) is 17.4 Å². The minimum Gasteiger partial charge on any atom is -0.312 e. The molecule has 1 heterocycles. The predicted molar refractivity (Wildman–Crippen MR) is 86.8 cm³/mol. The molecule has 0 saturated carbocycles. The molecule has 20 heavy (non-hydrogen) atoms. The standard InChI is InChI=1S/C14H17Cl2N3S/c1-14(2,3)17-8-7-11-18-19-13(20-11)9-5-4-6-10(15)12(9)16/h4-6,17H,7-8H2,1-3H3. The quantitative estimate of drug-likeness (QED) is 0.900. The molecule has 1 aromatic heterocycles. The molecule has 1 aromatic carbocycles. The highest BCUT2D eigenvalue weighted by molar-refractivity contribution is 7.14. The molecule has 0 fully saturated rings. The Morgan fingerprint density at radius 1 is 1.20 bits per heavy atom. The Bertz CT molecular complexity index is 590. The maximum Gasteiger partial charge on any atom is 0.149 e. The number of nitrogens with one attached hydrogen (secondary N) is 1. The molecule has 0 aliphatic heterocycles. The van der Waals surface area contributed by atoms with Crippen LogP contribution in [0.5, 0.6) is 0 Å². The van der Waals surface area contributed by atoms with Crippen molar-refractivity contribution in [3.8, 4) is 10.6 Å². The van der Waals surface area contributed by atoms with Gasteiger partial charge in [0, 0.05) is 24.1 Å². The molecule has 0 amide bonds. The van der Waals surface area contributed by atoms with Gasteiger partial charge in [-0.1, -0.05) is 46.7 Å². The predicted octanol–water partition coefficient (Wildman–Crippen LogP) is 4.44. The Morgan fingerprint density at radius 2 is 1.95 bits per heavy atom. The molecule has 1 N–H and O–H groups in total. The van der Waals surface area contributed by atoms with Crippen LogP contribution in [0.2, 0.25) is 10.0 Å². The van der Waals surface area contributed by atoms with E-state index in [-0.39, 0.29) is 5.54 Å². The van der Waals surface area contributed by atoms with Crippen molar-refractivity contribution in [2.24, 2.45) is 0 Å². The molecule has 0 aliphatic rings. The van der Waals surface area contributed by atoms with Gasteiger partial charge in [0.2, 0.25) is 0 Å². The highest BCUT2D eigenvalue weighted by Crippen LogP contribution is 2.34. The van der Waals surface area contributed by atoms with Crippen LogP contribution < -0.4 is 5.32 Å². The molecule has 0 aliphatic carbocycles. The van der Waals surface area contributed by atoms with E-state index in [9.17, 15) is 0 Å². The second-order valence-electron chi connectivity index (χ2n) is 5.53. The van der Waals surface area contributed by atoms with Gasteiger partial charge in [0.15, 0.2) is 0 Å². The van der Waals surface area contributed by atoms with Crippen molar-refractivity contribution >= 4 is 34.5 Å². The van der Waals surface area contributed by atoms with E-state index in [1.807, 2.05) is 12.1 Å². The first-order valence-corrected chi connectivity index (χ1v) is 7.96. The molecule has 0 spiro atoms. The van der Waals surface area contributed by atoms with E-state index in [4.69, 9.17) is 23.2 Å². The smallest absolute Gasteiger partial charge is 0.149 e. The molecule has 0 radical (unpaired) electrons. The van der Waals surface area contributed by atoms with Crippen molar-refractivity contribution in [2.75, 3.05) is 6.54 Å². The lowest BCUT2D eigenvalue weighted by Gasteiger charge is -2.19. The average Bonchev–Trinajstić information content (AvgIpc) is 2.79. The van der Waals surface area contributed by atoms with E-state index in [1.165, 1.54) is 0 Å². The SMILES string of the molecule is CC(C)(C)NCCc1nnc(-c2cccc(Cl)c2Cl)s1. The summed E-state index contributed by atoms with van der Waals surface area (Å²) in [6, 6.07) is 5.54. The first kappa shape index (κ1) is 15.7. The van der Waals surface area contributed by atoms with Gasteiger partial charge < -0.3 is 5.32 Å². The van der Waals surface area contributed by atoms with Crippen LogP contribution in [0.15, 0.2) is 18.2 Å². The molecule has 2 rings (SSSR count). The first-order valence-electron chi connectivity index (χ1n) is 6.38. The van der Waals surface area contributed by atoms with Crippen LogP contribution in [0.25, 0.3) is 10.6 Å². The zero-order chi connectivity index (χ0) is 14.8. The summed E-state index contributed by atoms with van der Waals surface area (Å²) < 4.78 is 0. The van der Waals surface area contributed by atoms with E-state index in [0.717, 1.165) is 28.5 Å². The fourth-order valence-corrected chi connectivity index (χ4v) is 2.99. The van der Waals surface area contributed by atoms with Crippen LogP contribution in [0, 0.1) is 0 Å². The van der Waals surface area contributed by atoms with Gasteiger partial charge in [0.25, 0.3) is 0 Å². The summed E-state index contributed by atoms with van der Waals surface area (Å²) in [6.07, 6.45) is 0.854. The van der Waals surface area contributed by atoms with Gasteiger partial charge in [-0.25, -0.2) is 0 Å². The molecule has 0 atom stereocenters. The lowest BCUT2D eigenvalue weighted by atomic mass is 10.1. The molecule has 0 unspecified atom stereocenters. The number of hydrogen-bond donors (Lipinski definition) is 1. The molecule has 2 aromatic rings. The normalized spacial score (nSPS) is 11.8. The Labute approximate surface area is 133 Å². The number of rotatable bonds is 4. The van der Waals surface area contributed by atoms with Gasteiger partial charge >= 0.3 is 0 Å². The topological polar surface area (TPSA) is 37.8 Å². The zero-order valence-electron chi connectivity index (χ0n) is 11.7. The monoisotopic (exact) mass is 329 g/mol. The second-order valence-corrected chi connectivity index (χ2v) is 7.38. The third kappa shape index (κ3) is 4.16. The van der Waals surface area contributed by atoms with E-state index in [2.05, 4.69) is 36.3 Å². The number of benzene rings is 1. The molecular formula is C14H17Cl2N3S. The summed E-state index contributed by atoms with van der Waals surface area (Å²) >= 11 is 13.8. The van der Waals surface area contributed by atoms with E-state index < -0.39 is 0 Å². The lowest BCUT2D eigenvalue weighted by molar-refractivity contribution is 0.429. The molecular weight excluding hydrogens is 313 g/mol. The van der Waals surface area contributed by atoms with Crippen molar-refractivity contribution in [3.63, 3.8) is 0 Å². The molecule has 108 valence electrons. The Hall–Kier alpha value is -0.680. The second kappa shape index (κ2) is 6.39. The van der Waals surface area contributed by atoms with Crippen LogP contribution in [0.4, 0.5) is 0 Å². The number of aromatic nitrogens is 2. The summed E-state index contributed by atoms with van der Waals surface area (Å²) in [4.78, 5) is 0. The van der Waals surface area contributed by atoms with Crippen molar-refractivity contribution in [1.82, 2.24) is 15.5 Å². The summed E-state index contributed by atoms with van der Waals surface area (Å²) in [5.74, 6) is 0. The van der Waals surface area contributed by atoms with E-state index in [0.29, 0.717) is 10.0 Å². The van der Waals surface area contributed by atoms with Gasteiger partial charge in [-0.2, -0.15) is 0 Å². The molecule has 0 bridgehead atoms. The minimum atomic E-state index is 0.115. The Balaban J connectivity index is 2.07. The highest BCUT2D eigenvalue weighted by atomic mass is 35.5. The lowest BCUT2D eigenvalue weighted by Crippen LogP contribution is -2.37. The van der Waals surface area contributed by atoms with Crippen LogP contribution >= 0.6 is 34.5 Å². The average molecular weight is 330 g/mol. The third-order valence-electron chi connectivity index (χ3n) is 2.64. The van der Waals surface area contributed by atoms with Gasteiger partial charge in [-0.05, 0) is 26.8 Å². The van der Waals surface area contributed by atoms with Gasteiger partial charge in [0.05, 0.1) is 10.0 Å². The van der Waals surface area contributed by atoms with Crippen molar-refractivity contribution < 1.29 is 0 Å². The van der Waals surface area contributed by atoms with Gasteiger partial charge in [-0.3, -0.25) is 0 Å². The van der Waals surface area contributed by atoms with Gasteiger partial charge in [-0.15, -0.1) is 10.2 Å². The van der Waals surface area contributed by atoms with Crippen molar-refractivity contribution in [3.05, 3.63) is 33.3 Å². The largest absolute Gasteiger partial charge is 0.312 e. The Kier molecular flexibility index (Phi) is 5.02. The number of hydrogen-bond acceptors (Lipinski definition) is 4. The third-order valence-corrected chi connectivity index (χ3v) is 4.48. The van der Waals surface area contributed by atoms with Crippen LogP contribution in [-0.2, 0) is 6.42 Å². The van der Waals surface area contributed by atoms with Crippen LogP contribution in [0.3, 0.4) is 0 Å². The van der Waals surface area contributed by atoms with Crippen LogP contribution in [-0.4, -0.2) is 22.3 Å². The number of halogens is 2. The van der Waals surface area contributed by atoms with E-state index >= 15 is 0 Å². The minimum absolute atomic E-state index is 0.115. The summed E-state index contributed by atoms with van der Waals surface area (Å²) in [5, 5.41) is 14.7. The fraction of sp³-hybridized carbons (Fsp3) is 0.429. The zero-order valence-corrected chi connectivity index (χ0v) is 14.0. The van der Waals surface area contributed by atoms with Crippen LogP contribution in [0.1, 0.15) is 25.8 Å². The van der Waals surface area contributed by atoms with Gasteiger partial charge in [0.1, 0.15) is 10.0 Å². The maximum atomic E-state index is 6.20.